The van der Waals surface area contributed by atoms with Crippen LogP contribution in [0.15, 0.2) is 118 Å². The van der Waals surface area contributed by atoms with Crippen molar-refractivity contribution in [1.29, 1.82) is 0 Å². The number of hydrogen-bond donors (Lipinski definition) is 2. The third kappa shape index (κ3) is 5.14. The van der Waals surface area contributed by atoms with Crippen molar-refractivity contribution in [1.82, 2.24) is 4.72 Å². The van der Waals surface area contributed by atoms with Gasteiger partial charge in [-0.05, 0) is 54.6 Å². The highest BCUT2D eigenvalue weighted by atomic mass is 35.5. The predicted octanol–water partition coefficient (Wildman–Crippen LogP) is 4.85. The Labute approximate surface area is 191 Å². The third-order valence-corrected chi connectivity index (χ3v) is 6.16. The molecule has 6 nitrogen and oxygen atoms in total. The molecule has 32 heavy (non-hydrogen) atoms. The van der Waals surface area contributed by atoms with E-state index in [-0.39, 0.29) is 22.1 Å². The normalized spacial score (nSPS) is 15.2. The molecule has 0 amide bonds. The Hall–Kier alpha value is -3.68. The number of nitrogens with zero attached hydrogens (tertiary/aromatic N) is 1. The van der Waals surface area contributed by atoms with E-state index >= 15 is 0 Å². The van der Waals surface area contributed by atoms with Crippen molar-refractivity contribution in [2.24, 2.45) is 4.99 Å². The third-order valence-electron chi connectivity index (χ3n) is 4.52. The highest BCUT2D eigenvalue weighted by Crippen LogP contribution is 2.21. The van der Waals surface area contributed by atoms with Crippen LogP contribution in [0.25, 0.3) is 0 Å². The molecule has 3 aromatic rings. The van der Waals surface area contributed by atoms with Gasteiger partial charge in [0.1, 0.15) is 0 Å². The monoisotopic (exact) mass is 463 g/mol. The average molecular weight is 464 g/mol. The topological polar surface area (TPSA) is 87.6 Å². The smallest absolute Gasteiger partial charge is 0.261 e. The Balaban J connectivity index is 1.70. The molecule has 0 atom stereocenters. The van der Waals surface area contributed by atoms with Crippen LogP contribution in [0.1, 0.15) is 0 Å². The molecule has 0 unspecified atom stereocenters. The second-order valence-corrected chi connectivity index (χ2v) is 8.98. The van der Waals surface area contributed by atoms with Crippen molar-refractivity contribution in [3.05, 3.63) is 113 Å². The maximum atomic E-state index is 12.9. The van der Waals surface area contributed by atoms with E-state index in [0.717, 1.165) is 5.69 Å². The van der Waals surface area contributed by atoms with Gasteiger partial charge in [-0.3, -0.25) is 9.52 Å². The summed E-state index contributed by atoms with van der Waals surface area (Å²) in [4.78, 5) is 17.3. The molecule has 3 aromatic carbocycles. The van der Waals surface area contributed by atoms with Gasteiger partial charge in [-0.25, -0.2) is 13.4 Å². The summed E-state index contributed by atoms with van der Waals surface area (Å²) in [5.74, 6) is -0.380. The first-order chi connectivity index (χ1) is 15.4. The maximum Gasteiger partial charge on any atom is 0.261 e. The van der Waals surface area contributed by atoms with Crippen molar-refractivity contribution in [2.45, 2.75) is 4.90 Å². The van der Waals surface area contributed by atoms with Crippen LogP contribution in [0.2, 0.25) is 5.02 Å². The summed E-state index contributed by atoms with van der Waals surface area (Å²) in [6, 6.07) is 24.0. The van der Waals surface area contributed by atoms with E-state index in [1.54, 1.807) is 12.1 Å². The molecule has 0 aliphatic heterocycles. The lowest BCUT2D eigenvalue weighted by Crippen LogP contribution is -2.31. The van der Waals surface area contributed by atoms with E-state index in [2.05, 4.69) is 15.0 Å². The van der Waals surface area contributed by atoms with Crippen LogP contribution in [0.3, 0.4) is 0 Å². The Morgan fingerprint density at radius 1 is 0.750 bits per heavy atom. The number of carbonyl (C=O) groups is 1. The first kappa shape index (κ1) is 21.5. The van der Waals surface area contributed by atoms with Gasteiger partial charge in [0.15, 0.2) is 0 Å². The molecule has 160 valence electrons. The van der Waals surface area contributed by atoms with Crippen LogP contribution in [0.5, 0.6) is 0 Å². The zero-order valence-electron chi connectivity index (χ0n) is 16.7. The molecular weight excluding hydrogens is 446 g/mol. The van der Waals surface area contributed by atoms with E-state index < -0.39 is 10.0 Å². The van der Waals surface area contributed by atoms with Crippen LogP contribution in [0.4, 0.5) is 11.4 Å². The molecule has 0 heterocycles. The van der Waals surface area contributed by atoms with E-state index in [1.807, 2.05) is 48.5 Å². The molecule has 0 bridgehead atoms. The highest BCUT2D eigenvalue weighted by molar-refractivity contribution is 7.89. The van der Waals surface area contributed by atoms with Gasteiger partial charge >= 0.3 is 0 Å². The molecule has 0 spiro atoms. The number of halogens is 1. The second-order valence-electron chi connectivity index (χ2n) is 6.86. The maximum absolute atomic E-state index is 12.9. The van der Waals surface area contributed by atoms with Gasteiger partial charge in [-0.1, -0.05) is 48.0 Å². The summed E-state index contributed by atoms with van der Waals surface area (Å²) in [6.07, 6.45) is 2.75. The minimum absolute atomic E-state index is 0.0199. The fraction of sp³-hybridized carbons (Fsp3) is 0. The molecule has 0 aromatic heterocycles. The predicted molar refractivity (Wildman–Crippen MR) is 127 cm³/mol. The lowest BCUT2D eigenvalue weighted by molar-refractivity contribution is -0.111. The number of benzene rings is 3. The molecule has 0 saturated heterocycles. The van der Waals surface area contributed by atoms with Crippen LogP contribution in [-0.2, 0) is 14.8 Å². The van der Waals surface area contributed by atoms with Gasteiger partial charge in [0, 0.05) is 16.8 Å². The number of hydrogen-bond acceptors (Lipinski definition) is 5. The van der Waals surface area contributed by atoms with Crippen LogP contribution >= 0.6 is 11.6 Å². The van der Waals surface area contributed by atoms with Crippen molar-refractivity contribution in [2.75, 3.05) is 5.32 Å². The van der Waals surface area contributed by atoms with Crippen molar-refractivity contribution >= 4 is 44.5 Å². The molecule has 1 aliphatic carbocycles. The van der Waals surface area contributed by atoms with Gasteiger partial charge in [0.2, 0.25) is 5.78 Å². The lowest BCUT2D eigenvalue weighted by Gasteiger charge is -2.18. The van der Waals surface area contributed by atoms with Gasteiger partial charge in [-0.15, -0.1) is 0 Å². The van der Waals surface area contributed by atoms with Gasteiger partial charge < -0.3 is 5.32 Å². The molecule has 0 fully saturated rings. The number of anilines is 1. The summed E-state index contributed by atoms with van der Waals surface area (Å²) in [5, 5.41) is 3.48. The first-order valence-electron chi connectivity index (χ1n) is 9.63. The average Bonchev–Trinajstić information content (AvgIpc) is 2.78. The Kier molecular flexibility index (Phi) is 6.20. The zero-order valence-corrected chi connectivity index (χ0v) is 18.3. The molecule has 1 aliphatic rings. The number of sulfonamides is 1. The molecular formula is C24H18ClN3O3S. The zero-order chi connectivity index (χ0) is 22.6. The van der Waals surface area contributed by atoms with E-state index in [0.29, 0.717) is 16.4 Å². The number of ketones is 1. The van der Waals surface area contributed by atoms with Crippen molar-refractivity contribution in [3.63, 3.8) is 0 Å². The summed E-state index contributed by atoms with van der Waals surface area (Å²) in [6.45, 7) is 0. The van der Waals surface area contributed by atoms with Gasteiger partial charge in [0.05, 0.1) is 27.7 Å². The summed E-state index contributed by atoms with van der Waals surface area (Å²) >= 11 is 5.86. The first-order valence-corrected chi connectivity index (χ1v) is 11.5. The van der Waals surface area contributed by atoms with E-state index in [9.17, 15) is 13.2 Å². The minimum Gasteiger partial charge on any atom is -0.352 e. The molecule has 0 saturated carbocycles. The number of carbonyl (C=O) groups excluding carboxylic acids is 1. The Morgan fingerprint density at radius 2 is 1.38 bits per heavy atom. The fourth-order valence-corrected chi connectivity index (χ4v) is 4.17. The summed E-state index contributed by atoms with van der Waals surface area (Å²) in [7, 11) is -3.96. The van der Waals surface area contributed by atoms with Gasteiger partial charge in [0.25, 0.3) is 10.0 Å². The van der Waals surface area contributed by atoms with E-state index in [1.165, 1.54) is 36.4 Å². The summed E-state index contributed by atoms with van der Waals surface area (Å²) < 4.78 is 28.3. The number of nitrogens with one attached hydrogen (secondary N) is 2. The molecule has 0 radical (unpaired) electrons. The SMILES string of the molecule is O=C1C=C(NS(=O)(=O)c2ccc(Cl)cc2)C(=Nc2ccccc2)C=C1Nc1ccccc1. The summed E-state index contributed by atoms with van der Waals surface area (Å²) in [5.41, 5.74) is 1.99. The van der Waals surface area contributed by atoms with Crippen LogP contribution < -0.4 is 10.0 Å². The van der Waals surface area contributed by atoms with Crippen LogP contribution in [-0.4, -0.2) is 19.9 Å². The second kappa shape index (κ2) is 9.21. The largest absolute Gasteiger partial charge is 0.352 e. The molecule has 2 N–H and O–H groups in total. The van der Waals surface area contributed by atoms with Crippen molar-refractivity contribution < 1.29 is 13.2 Å². The molecule has 4 rings (SSSR count). The van der Waals surface area contributed by atoms with Gasteiger partial charge in [-0.2, -0.15) is 0 Å². The number of para-hydroxylation sites is 2. The molecule has 8 heteroatoms. The minimum atomic E-state index is -3.96. The fourth-order valence-electron chi connectivity index (χ4n) is 2.98. The van der Waals surface area contributed by atoms with Crippen molar-refractivity contribution in [3.8, 4) is 0 Å². The Bertz CT molecular complexity index is 1330. The number of allylic oxidation sites excluding steroid dienone is 2. The number of aliphatic imine (C=N–C) groups is 1. The standard InChI is InChI=1S/C24H18ClN3O3S/c25-17-11-13-20(14-12-17)32(30,31)28-22-16-24(29)23(27-19-9-5-2-6-10-19)15-21(22)26-18-7-3-1-4-8-18/h1-16,27-28H. The van der Waals surface area contributed by atoms with Crippen LogP contribution in [0, 0.1) is 0 Å². The quantitative estimate of drug-likeness (QED) is 0.511. The highest BCUT2D eigenvalue weighted by Gasteiger charge is 2.24. The Morgan fingerprint density at radius 3 is 2.03 bits per heavy atom. The van der Waals surface area contributed by atoms with E-state index in [4.69, 9.17) is 11.6 Å². The lowest BCUT2D eigenvalue weighted by atomic mass is 10.1. The number of rotatable bonds is 6.